The number of aliphatic carboxylic acids is 1. The van der Waals surface area contributed by atoms with E-state index in [-0.39, 0.29) is 11.1 Å². The number of aromatic nitrogens is 1. The third-order valence-corrected chi connectivity index (χ3v) is 2.85. The minimum atomic E-state index is -1.11. The van der Waals surface area contributed by atoms with Crippen molar-refractivity contribution in [3.05, 3.63) is 33.9 Å². The van der Waals surface area contributed by atoms with Crippen molar-refractivity contribution in [1.82, 2.24) is 4.98 Å². The Morgan fingerprint density at radius 1 is 1.35 bits per heavy atom. The zero-order valence-electron chi connectivity index (χ0n) is 9.32. The molecule has 0 spiro atoms. The van der Waals surface area contributed by atoms with Crippen molar-refractivity contribution in [2.75, 3.05) is 5.32 Å². The lowest BCUT2D eigenvalue weighted by molar-refractivity contribution is -0.133. The molecule has 0 atom stereocenters. The normalized spacial score (nSPS) is 11.7. The average Bonchev–Trinajstić information content (AvgIpc) is 2.30. The second-order valence-corrected chi connectivity index (χ2v) is 4.20. The molecule has 0 saturated carbocycles. The highest BCUT2D eigenvalue weighted by atomic mass is 79.9. The van der Waals surface area contributed by atoms with Gasteiger partial charge in [0.15, 0.2) is 0 Å². The lowest BCUT2D eigenvalue weighted by Gasteiger charge is -2.07. The Kier molecular flexibility index (Phi) is 4.39. The molecule has 1 heterocycles. The summed E-state index contributed by atoms with van der Waals surface area (Å²) in [5, 5.41) is 11.3. The number of amides is 1. The van der Waals surface area contributed by atoms with Gasteiger partial charge in [-0.05, 0) is 41.9 Å². The number of pyridine rings is 1. The van der Waals surface area contributed by atoms with Crippen molar-refractivity contribution in [1.29, 1.82) is 0 Å². The maximum Gasteiger partial charge on any atom is 0.331 e. The van der Waals surface area contributed by atoms with Gasteiger partial charge in [0.1, 0.15) is 5.82 Å². The van der Waals surface area contributed by atoms with Crippen LogP contribution in [0.4, 0.5) is 5.82 Å². The lowest BCUT2D eigenvalue weighted by atomic mass is 10.1. The number of hydrogen-bond donors (Lipinski definition) is 2. The van der Waals surface area contributed by atoms with Crippen LogP contribution in [-0.4, -0.2) is 22.0 Å². The van der Waals surface area contributed by atoms with Crippen molar-refractivity contribution in [2.45, 2.75) is 13.8 Å². The Labute approximate surface area is 107 Å². The van der Waals surface area contributed by atoms with Crippen LogP contribution in [0.1, 0.15) is 13.8 Å². The van der Waals surface area contributed by atoms with Crippen molar-refractivity contribution in [3.8, 4) is 0 Å². The quantitative estimate of drug-likeness (QED) is 0.839. The summed E-state index contributed by atoms with van der Waals surface area (Å²) in [6, 6.07) is 3.44. The first kappa shape index (κ1) is 13.4. The van der Waals surface area contributed by atoms with Gasteiger partial charge in [0.25, 0.3) is 5.91 Å². The Balaban J connectivity index is 2.91. The Hall–Kier alpha value is -1.69. The molecule has 0 aliphatic rings. The number of hydrogen-bond acceptors (Lipinski definition) is 3. The highest BCUT2D eigenvalue weighted by molar-refractivity contribution is 9.10. The summed E-state index contributed by atoms with van der Waals surface area (Å²) in [5.74, 6) is -1.24. The summed E-state index contributed by atoms with van der Waals surface area (Å²) in [6.45, 7) is 2.83. The molecule has 2 N–H and O–H groups in total. The minimum Gasteiger partial charge on any atom is -0.478 e. The first-order valence-corrected chi connectivity index (χ1v) is 5.55. The number of nitrogens with one attached hydrogen (secondary N) is 1. The fourth-order valence-corrected chi connectivity index (χ4v) is 1.36. The van der Waals surface area contributed by atoms with Gasteiger partial charge < -0.3 is 10.4 Å². The smallest absolute Gasteiger partial charge is 0.331 e. The molecule has 0 radical (unpaired) electrons. The molecule has 0 bridgehead atoms. The van der Waals surface area contributed by atoms with Crippen molar-refractivity contribution in [2.24, 2.45) is 0 Å². The van der Waals surface area contributed by atoms with E-state index in [0.29, 0.717) is 10.3 Å². The van der Waals surface area contributed by atoms with Gasteiger partial charge in [0.2, 0.25) is 0 Å². The van der Waals surface area contributed by atoms with Crippen LogP contribution < -0.4 is 5.32 Å². The molecule has 6 heteroatoms. The summed E-state index contributed by atoms with van der Waals surface area (Å²) in [7, 11) is 0. The Morgan fingerprint density at radius 2 is 2.00 bits per heavy atom. The van der Waals surface area contributed by atoms with E-state index in [4.69, 9.17) is 5.11 Å². The molecule has 90 valence electrons. The largest absolute Gasteiger partial charge is 0.478 e. The molecule has 5 nitrogen and oxygen atoms in total. The summed E-state index contributed by atoms with van der Waals surface area (Å²) < 4.78 is 0.633. The second-order valence-electron chi connectivity index (χ2n) is 3.34. The molecule has 0 unspecified atom stereocenters. The summed E-state index contributed by atoms with van der Waals surface area (Å²) >= 11 is 3.23. The maximum absolute atomic E-state index is 11.7. The monoisotopic (exact) mass is 298 g/mol. The van der Waals surface area contributed by atoms with Gasteiger partial charge in [-0.15, -0.1) is 0 Å². The fourth-order valence-electron chi connectivity index (χ4n) is 1.01. The number of rotatable bonds is 3. The zero-order chi connectivity index (χ0) is 13.0. The minimum absolute atomic E-state index is 0.00885. The first-order chi connectivity index (χ1) is 7.93. The summed E-state index contributed by atoms with van der Waals surface area (Å²) in [6.07, 6.45) is 1.53. The molecule has 1 rings (SSSR count). The SMILES string of the molecule is CC(C(=O)O)=C(C)C(=O)Nc1ncccc1Br. The average molecular weight is 299 g/mol. The van der Waals surface area contributed by atoms with Crippen molar-refractivity contribution in [3.63, 3.8) is 0 Å². The lowest BCUT2D eigenvalue weighted by Crippen LogP contribution is -2.17. The van der Waals surface area contributed by atoms with Crippen molar-refractivity contribution < 1.29 is 14.7 Å². The van der Waals surface area contributed by atoms with Crippen molar-refractivity contribution >= 4 is 33.6 Å². The molecule has 1 amide bonds. The number of halogens is 1. The molecule has 0 aliphatic carbocycles. The summed E-state index contributed by atoms with van der Waals surface area (Å²) in [4.78, 5) is 26.4. The van der Waals surface area contributed by atoms with Crippen LogP contribution in [0.5, 0.6) is 0 Å². The van der Waals surface area contributed by atoms with E-state index in [1.165, 1.54) is 20.0 Å². The van der Waals surface area contributed by atoms with E-state index in [1.54, 1.807) is 12.1 Å². The van der Waals surface area contributed by atoms with E-state index in [9.17, 15) is 9.59 Å². The summed E-state index contributed by atoms with van der Waals surface area (Å²) in [5.41, 5.74) is 0.157. The number of carboxylic acid groups (broad SMARTS) is 1. The molecule has 1 aromatic heterocycles. The van der Waals surface area contributed by atoms with Gasteiger partial charge in [-0.3, -0.25) is 4.79 Å². The van der Waals surface area contributed by atoms with Crippen LogP contribution in [0.3, 0.4) is 0 Å². The van der Waals surface area contributed by atoms with Gasteiger partial charge in [-0.2, -0.15) is 0 Å². The highest BCUT2D eigenvalue weighted by Crippen LogP contribution is 2.19. The molecule has 0 saturated heterocycles. The van der Waals surface area contributed by atoms with Crippen LogP contribution in [0.25, 0.3) is 0 Å². The molecule has 17 heavy (non-hydrogen) atoms. The Morgan fingerprint density at radius 3 is 2.53 bits per heavy atom. The van der Waals surface area contributed by atoms with E-state index in [1.807, 2.05) is 0 Å². The first-order valence-electron chi connectivity index (χ1n) is 4.76. The fraction of sp³-hybridized carbons (Fsp3) is 0.182. The number of nitrogens with zero attached hydrogens (tertiary/aromatic N) is 1. The highest BCUT2D eigenvalue weighted by Gasteiger charge is 2.14. The predicted molar refractivity (Wildman–Crippen MR) is 66.6 cm³/mol. The maximum atomic E-state index is 11.7. The number of carboxylic acids is 1. The second kappa shape index (κ2) is 5.58. The number of anilines is 1. The van der Waals surface area contributed by atoms with Gasteiger partial charge in [-0.25, -0.2) is 9.78 Å². The Bertz CT molecular complexity index is 497. The predicted octanol–water partition coefficient (Wildman–Crippen LogP) is 2.20. The third-order valence-electron chi connectivity index (χ3n) is 2.21. The van der Waals surface area contributed by atoms with E-state index in [0.717, 1.165) is 0 Å². The van der Waals surface area contributed by atoms with Gasteiger partial charge >= 0.3 is 5.97 Å². The number of carbonyl (C=O) groups is 2. The van der Waals surface area contributed by atoms with Crippen LogP contribution in [-0.2, 0) is 9.59 Å². The van der Waals surface area contributed by atoms with E-state index in [2.05, 4.69) is 26.2 Å². The molecule has 0 fully saturated rings. The third kappa shape index (κ3) is 3.39. The van der Waals surface area contributed by atoms with Gasteiger partial charge in [0.05, 0.1) is 4.47 Å². The van der Waals surface area contributed by atoms with E-state index >= 15 is 0 Å². The van der Waals surface area contributed by atoms with Crippen LogP contribution in [0.15, 0.2) is 33.9 Å². The van der Waals surface area contributed by atoms with E-state index < -0.39 is 11.9 Å². The van der Waals surface area contributed by atoms with Gasteiger partial charge in [-0.1, -0.05) is 0 Å². The number of carbonyl (C=O) groups excluding carboxylic acids is 1. The molecular formula is C11H11BrN2O3. The van der Waals surface area contributed by atoms with Gasteiger partial charge in [0, 0.05) is 17.3 Å². The molecule has 0 aromatic carbocycles. The molecular weight excluding hydrogens is 288 g/mol. The topological polar surface area (TPSA) is 79.3 Å². The standard InChI is InChI=1S/C11H11BrN2O3/c1-6(7(2)11(16)17)10(15)14-9-8(12)4-3-5-13-9/h3-5H,1-2H3,(H,16,17)(H,13,14,15). The van der Waals surface area contributed by atoms with Crippen LogP contribution >= 0.6 is 15.9 Å². The molecule has 1 aromatic rings. The van der Waals surface area contributed by atoms with Crippen LogP contribution in [0.2, 0.25) is 0 Å². The molecule has 0 aliphatic heterocycles. The van der Waals surface area contributed by atoms with Crippen LogP contribution in [0, 0.1) is 0 Å². The zero-order valence-corrected chi connectivity index (χ0v) is 10.9.